The summed E-state index contributed by atoms with van der Waals surface area (Å²) in [4.78, 5) is 0.402. The van der Waals surface area contributed by atoms with E-state index in [4.69, 9.17) is 4.74 Å². The van der Waals surface area contributed by atoms with Gasteiger partial charge in [0.2, 0.25) is 10.0 Å². The Morgan fingerprint density at radius 2 is 1.95 bits per heavy atom. The third-order valence-electron chi connectivity index (χ3n) is 4.02. The highest BCUT2D eigenvalue weighted by Gasteiger charge is 2.33. The van der Waals surface area contributed by atoms with E-state index < -0.39 is 10.0 Å². The van der Waals surface area contributed by atoms with E-state index in [-0.39, 0.29) is 0 Å². The fourth-order valence-corrected chi connectivity index (χ4v) is 4.69. The van der Waals surface area contributed by atoms with Crippen LogP contribution in [0.4, 0.5) is 0 Å². The van der Waals surface area contributed by atoms with Crippen molar-refractivity contribution in [3.63, 3.8) is 0 Å². The number of nitrogens with zero attached hydrogens (tertiary/aromatic N) is 1. The number of hydrogen-bond donors (Lipinski definition) is 0. The zero-order chi connectivity index (χ0) is 14.9. The summed E-state index contributed by atoms with van der Waals surface area (Å²) in [6.45, 7) is 1.72. The third kappa shape index (κ3) is 2.69. The number of ether oxygens (including phenoxy) is 1. The van der Waals surface area contributed by atoms with Crippen molar-refractivity contribution in [1.29, 1.82) is 0 Å². The van der Waals surface area contributed by atoms with Crippen molar-refractivity contribution >= 4 is 20.8 Å². The van der Waals surface area contributed by atoms with Crippen LogP contribution >= 0.6 is 0 Å². The van der Waals surface area contributed by atoms with Gasteiger partial charge in [-0.05, 0) is 23.8 Å². The summed E-state index contributed by atoms with van der Waals surface area (Å²) in [6.07, 6.45) is 0.859. The molecule has 1 atom stereocenters. The topological polar surface area (TPSA) is 46.6 Å². The number of fused-ring (bicyclic) bond motifs is 1. The highest BCUT2D eigenvalue weighted by molar-refractivity contribution is 7.89. The summed E-state index contributed by atoms with van der Waals surface area (Å²) in [5, 5.41) is 1.74. The first-order chi connectivity index (χ1) is 10.1. The van der Waals surface area contributed by atoms with Crippen molar-refractivity contribution in [2.75, 3.05) is 26.8 Å². The van der Waals surface area contributed by atoms with Gasteiger partial charge in [-0.2, -0.15) is 4.31 Å². The number of rotatable bonds is 4. The molecular weight excluding hydrogens is 286 g/mol. The SMILES string of the molecule is COCC1CCN(S(=O)(=O)c2cccc3ccccc23)C1. The molecule has 0 spiro atoms. The maximum absolute atomic E-state index is 12.9. The molecule has 1 aliphatic heterocycles. The summed E-state index contributed by atoms with van der Waals surface area (Å²) in [5.74, 6) is 0.291. The van der Waals surface area contributed by atoms with Gasteiger partial charge in [-0.25, -0.2) is 8.42 Å². The van der Waals surface area contributed by atoms with Gasteiger partial charge in [-0.15, -0.1) is 0 Å². The van der Waals surface area contributed by atoms with Crippen LogP contribution in [0.1, 0.15) is 6.42 Å². The normalized spacial score (nSPS) is 20.1. The Morgan fingerprint density at radius 3 is 2.76 bits per heavy atom. The predicted molar refractivity (Wildman–Crippen MR) is 82.7 cm³/mol. The fourth-order valence-electron chi connectivity index (χ4n) is 2.95. The van der Waals surface area contributed by atoms with Crippen LogP contribution in [0.3, 0.4) is 0 Å². The third-order valence-corrected chi connectivity index (χ3v) is 5.94. The molecule has 21 heavy (non-hydrogen) atoms. The molecule has 0 saturated carbocycles. The van der Waals surface area contributed by atoms with Crippen LogP contribution in [0.25, 0.3) is 10.8 Å². The van der Waals surface area contributed by atoms with E-state index in [0.717, 1.165) is 17.2 Å². The molecule has 0 aliphatic carbocycles. The summed E-state index contributed by atoms with van der Waals surface area (Å²) < 4.78 is 32.5. The van der Waals surface area contributed by atoms with Crippen molar-refractivity contribution in [2.45, 2.75) is 11.3 Å². The lowest BCUT2D eigenvalue weighted by molar-refractivity contribution is 0.157. The Kier molecular flexibility index (Phi) is 3.97. The first-order valence-corrected chi connectivity index (χ1v) is 8.54. The lowest BCUT2D eigenvalue weighted by Crippen LogP contribution is -2.29. The molecule has 1 heterocycles. The minimum Gasteiger partial charge on any atom is -0.384 e. The van der Waals surface area contributed by atoms with Crippen molar-refractivity contribution in [3.8, 4) is 0 Å². The van der Waals surface area contributed by atoms with Crippen LogP contribution in [0, 0.1) is 5.92 Å². The van der Waals surface area contributed by atoms with Crippen molar-refractivity contribution in [2.24, 2.45) is 5.92 Å². The first-order valence-electron chi connectivity index (χ1n) is 7.10. The molecule has 0 bridgehead atoms. The molecule has 1 aliphatic rings. The molecule has 3 rings (SSSR count). The number of methoxy groups -OCH3 is 1. The van der Waals surface area contributed by atoms with Crippen LogP contribution < -0.4 is 0 Å². The van der Waals surface area contributed by atoms with E-state index in [1.165, 1.54) is 0 Å². The minimum atomic E-state index is -3.44. The van der Waals surface area contributed by atoms with Gasteiger partial charge in [0.15, 0.2) is 0 Å². The summed E-state index contributed by atoms with van der Waals surface area (Å²) in [7, 11) is -1.78. The van der Waals surface area contributed by atoms with E-state index in [1.807, 2.05) is 30.3 Å². The van der Waals surface area contributed by atoms with Crippen LogP contribution in [-0.4, -0.2) is 39.5 Å². The van der Waals surface area contributed by atoms with Gasteiger partial charge in [0, 0.05) is 25.6 Å². The quantitative estimate of drug-likeness (QED) is 0.872. The molecule has 0 N–H and O–H groups in total. The average Bonchev–Trinajstić information content (AvgIpc) is 2.96. The summed E-state index contributed by atoms with van der Waals surface area (Å²) in [5.41, 5.74) is 0. The number of hydrogen-bond acceptors (Lipinski definition) is 3. The molecule has 0 radical (unpaired) electrons. The highest BCUT2D eigenvalue weighted by atomic mass is 32.2. The average molecular weight is 305 g/mol. The smallest absolute Gasteiger partial charge is 0.243 e. The maximum atomic E-state index is 12.9. The Bertz CT molecular complexity index is 737. The van der Waals surface area contributed by atoms with Crippen LogP contribution in [0.5, 0.6) is 0 Å². The molecule has 4 nitrogen and oxygen atoms in total. The molecule has 1 saturated heterocycles. The first kappa shape index (κ1) is 14.5. The van der Waals surface area contributed by atoms with Gasteiger partial charge in [0.25, 0.3) is 0 Å². The predicted octanol–water partition coefficient (Wildman–Crippen LogP) is 2.50. The second-order valence-electron chi connectivity index (χ2n) is 5.45. The molecule has 2 aromatic rings. The molecular formula is C16H19NO3S. The molecule has 1 unspecified atom stereocenters. The Balaban J connectivity index is 1.98. The van der Waals surface area contributed by atoms with Gasteiger partial charge in [-0.1, -0.05) is 36.4 Å². The highest BCUT2D eigenvalue weighted by Crippen LogP contribution is 2.29. The van der Waals surface area contributed by atoms with Gasteiger partial charge < -0.3 is 4.74 Å². The van der Waals surface area contributed by atoms with Crippen LogP contribution in [0.2, 0.25) is 0 Å². The summed E-state index contributed by atoms with van der Waals surface area (Å²) >= 11 is 0. The Morgan fingerprint density at radius 1 is 1.19 bits per heavy atom. The van der Waals surface area contributed by atoms with E-state index in [2.05, 4.69) is 0 Å². The molecule has 2 aromatic carbocycles. The lowest BCUT2D eigenvalue weighted by Gasteiger charge is -2.18. The van der Waals surface area contributed by atoms with Crippen LogP contribution in [-0.2, 0) is 14.8 Å². The minimum absolute atomic E-state index is 0.291. The van der Waals surface area contributed by atoms with E-state index in [9.17, 15) is 8.42 Å². The molecule has 0 aromatic heterocycles. The van der Waals surface area contributed by atoms with Gasteiger partial charge in [-0.3, -0.25) is 0 Å². The van der Waals surface area contributed by atoms with Gasteiger partial charge in [0.1, 0.15) is 0 Å². The second kappa shape index (κ2) is 5.75. The zero-order valence-electron chi connectivity index (χ0n) is 12.0. The standard InChI is InChI=1S/C16H19NO3S/c1-20-12-13-9-10-17(11-13)21(18,19)16-8-4-6-14-5-2-3-7-15(14)16/h2-8,13H,9-12H2,1H3. The van der Waals surface area contributed by atoms with E-state index in [1.54, 1.807) is 23.5 Å². The fraction of sp³-hybridized carbons (Fsp3) is 0.375. The lowest BCUT2D eigenvalue weighted by atomic mass is 10.1. The maximum Gasteiger partial charge on any atom is 0.243 e. The Labute approximate surface area is 125 Å². The molecule has 1 fully saturated rings. The second-order valence-corrected chi connectivity index (χ2v) is 7.36. The zero-order valence-corrected chi connectivity index (χ0v) is 12.8. The van der Waals surface area contributed by atoms with Crippen molar-refractivity contribution in [3.05, 3.63) is 42.5 Å². The van der Waals surface area contributed by atoms with Crippen LogP contribution in [0.15, 0.2) is 47.4 Å². The van der Waals surface area contributed by atoms with Crippen molar-refractivity contribution in [1.82, 2.24) is 4.31 Å². The molecule has 5 heteroatoms. The van der Waals surface area contributed by atoms with E-state index in [0.29, 0.717) is 30.5 Å². The molecule has 112 valence electrons. The van der Waals surface area contributed by atoms with Gasteiger partial charge >= 0.3 is 0 Å². The Hall–Kier alpha value is -1.43. The number of benzene rings is 2. The largest absolute Gasteiger partial charge is 0.384 e. The molecule has 0 amide bonds. The monoisotopic (exact) mass is 305 g/mol. The number of sulfonamides is 1. The van der Waals surface area contributed by atoms with E-state index >= 15 is 0 Å². The summed E-state index contributed by atoms with van der Waals surface area (Å²) in [6, 6.07) is 13.0. The van der Waals surface area contributed by atoms with Crippen molar-refractivity contribution < 1.29 is 13.2 Å². The van der Waals surface area contributed by atoms with Gasteiger partial charge in [0.05, 0.1) is 11.5 Å².